The molecule has 1 fully saturated rings. The zero-order valence-corrected chi connectivity index (χ0v) is 20.6. The maximum absolute atomic E-state index is 12.9. The third kappa shape index (κ3) is 4.84. The van der Waals surface area contributed by atoms with Crippen LogP contribution < -0.4 is 4.72 Å². The molecule has 0 aliphatic carbocycles. The molecule has 2 aromatic heterocycles. The van der Waals surface area contributed by atoms with E-state index >= 15 is 0 Å². The Labute approximate surface area is 207 Å². The first-order valence-corrected chi connectivity index (χ1v) is 13.7. The van der Waals surface area contributed by atoms with Crippen molar-refractivity contribution >= 4 is 56.0 Å². The van der Waals surface area contributed by atoms with E-state index in [4.69, 9.17) is 11.6 Å². The van der Waals surface area contributed by atoms with Crippen molar-refractivity contribution < 1.29 is 17.8 Å². The molecule has 0 unspecified atom stereocenters. The quantitative estimate of drug-likeness (QED) is 0.504. The summed E-state index contributed by atoms with van der Waals surface area (Å²) in [5.74, 6) is 1.16. The number of benzene rings is 1. The number of anilines is 1. The van der Waals surface area contributed by atoms with Crippen LogP contribution in [-0.2, 0) is 21.2 Å². The summed E-state index contributed by atoms with van der Waals surface area (Å²) in [5.41, 5.74) is 2.12. The molecule has 0 radical (unpaired) electrons. The van der Waals surface area contributed by atoms with E-state index < -0.39 is 10.0 Å². The van der Waals surface area contributed by atoms with E-state index in [0.717, 1.165) is 36.2 Å². The summed E-state index contributed by atoms with van der Waals surface area (Å²) >= 11 is 7.25. The number of hydrogen-bond acceptors (Lipinski definition) is 6. The summed E-state index contributed by atoms with van der Waals surface area (Å²) in [7, 11) is -3.66. The molecule has 0 saturated carbocycles. The highest BCUT2D eigenvalue weighted by Crippen LogP contribution is 2.30. The van der Waals surface area contributed by atoms with Crippen LogP contribution in [-0.4, -0.2) is 59.6 Å². The number of fused-ring (bicyclic) bond motifs is 1. The highest BCUT2D eigenvalue weighted by atomic mass is 35.5. The van der Waals surface area contributed by atoms with E-state index in [9.17, 15) is 13.2 Å². The van der Waals surface area contributed by atoms with Crippen LogP contribution in [0.5, 0.6) is 0 Å². The van der Waals surface area contributed by atoms with Gasteiger partial charge in [-0.15, -0.1) is 11.3 Å². The van der Waals surface area contributed by atoms with Gasteiger partial charge in [0.15, 0.2) is 17.9 Å². The van der Waals surface area contributed by atoms with Crippen molar-refractivity contribution in [3.05, 3.63) is 64.3 Å². The summed E-state index contributed by atoms with van der Waals surface area (Å²) in [4.78, 5) is 23.3. The van der Waals surface area contributed by atoms with Crippen LogP contribution in [0, 0.1) is 0 Å². The topological polar surface area (TPSA) is 95.3 Å². The average molecular weight is 517 g/mol. The Bertz CT molecular complexity index is 1330. The third-order valence-electron chi connectivity index (χ3n) is 6.18. The van der Waals surface area contributed by atoms with Gasteiger partial charge in [-0.1, -0.05) is 23.7 Å². The van der Waals surface area contributed by atoms with Crippen molar-refractivity contribution in [1.82, 2.24) is 14.9 Å². The minimum atomic E-state index is -3.66. The maximum Gasteiger partial charge on any atom is 0.326 e. The number of carbonyl (C=O) groups excluding carboxylic acids is 1. The van der Waals surface area contributed by atoms with Crippen molar-refractivity contribution in [3.63, 3.8) is 0 Å². The minimum absolute atomic E-state index is 0.0778. The summed E-state index contributed by atoms with van der Waals surface area (Å²) in [6, 6.07) is 8.88. The van der Waals surface area contributed by atoms with Gasteiger partial charge in [0.2, 0.25) is 0 Å². The van der Waals surface area contributed by atoms with Crippen LogP contribution in [0.3, 0.4) is 0 Å². The fourth-order valence-electron chi connectivity index (χ4n) is 4.39. The largest absolute Gasteiger partial charge is 0.339 e. The molecule has 3 aromatic rings. The van der Waals surface area contributed by atoms with Gasteiger partial charge in [0.1, 0.15) is 0 Å². The van der Waals surface area contributed by atoms with E-state index in [1.165, 1.54) is 11.3 Å². The molecule has 0 atom stereocenters. The minimum Gasteiger partial charge on any atom is -0.339 e. The Balaban J connectivity index is 1.17. The van der Waals surface area contributed by atoms with E-state index in [-0.39, 0.29) is 23.3 Å². The van der Waals surface area contributed by atoms with Gasteiger partial charge in [0.05, 0.1) is 21.7 Å². The first-order chi connectivity index (χ1) is 16.4. The predicted octanol–water partition coefficient (Wildman–Crippen LogP) is 3.67. The van der Waals surface area contributed by atoms with E-state index in [0.29, 0.717) is 23.2 Å². The molecule has 34 heavy (non-hydrogen) atoms. The third-order valence-corrected chi connectivity index (χ3v) is 8.56. The lowest BCUT2D eigenvalue weighted by Gasteiger charge is -2.32. The Kier molecular flexibility index (Phi) is 6.37. The lowest BCUT2D eigenvalue weighted by atomic mass is 9.89. The van der Waals surface area contributed by atoms with Gasteiger partial charge in [-0.05, 0) is 47.5 Å². The molecule has 0 bridgehead atoms. The molecule has 1 saturated heterocycles. The van der Waals surface area contributed by atoms with Crippen LogP contribution in [0.4, 0.5) is 10.9 Å². The van der Waals surface area contributed by atoms with Gasteiger partial charge in [-0.25, -0.2) is 18.0 Å². The highest BCUT2D eigenvalue weighted by molar-refractivity contribution is 7.93. The number of rotatable bonds is 6. The molecule has 4 heterocycles. The van der Waals surface area contributed by atoms with E-state index in [1.807, 2.05) is 33.9 Å². The first-order valence-electron chi connectivity index (χ1n) is 10.9. The number of pyridine rings is 1. The summed E-state index contributed by atoms with van der Waals surface area (Å²) < 4.78 is 29.5. The normalized spacial score (nSPS) is 16.3. The average Bonchev–Trinajstić information content (AvgIpc) is 3.48. The van der Waals surface area contributed by atoms with Crippen LogP contribution in [0.2, 0.25) is 5.02 Å². The second-order valence-corrected chi connectivity index (χ2v) is 11.3. The summed E-state index contributed by atoms with van der Waals surface area (Å²) in [6.45, 7) is 1.61. The highest BCUT2D eigenvalue weighted by Gasteiger charge is 2.29. The number of carbonyl (C=O) groups is 1. The number of aromatic nitrogens is 2. The molecule has 2 aliphatic rings. The van der Waals surface area contributed by atoms with Crippen molar-refractivity contribution in [2.24, 2.45) is 0 Å². The monoisotopic (exact) mass is 516 g/mol. The predicted molar refractivity (Wildman–Crippen MR) is 132 cm³/mol. The number of amides is 1. The van der Waals surface area contributed by atoms with Crippen LogP contribution in [0.15, 0.2) is 53.0 Å². The Morgan fingerprint density at radius 2 is 1.97 bits per heavy atom. The zero-order valence-electron chi connectivity index (χ0n) is 18.2. The number of likely N-dealkylation sites (tertiary alicyclic amines) is 1. The number of piperidine rings is 1. The van der Waals surface area contributed by atoms with Crippen LogP contribution >= 0.6 is 22.9 Å². The van der Waals surface area contributed by atoms with Gasteiger partial charge in [0, 0.05) is 31.1 Å². The lowest BCUT2D eigenvalue weighted by molar-refractivity contribution is -0.426. The second-order valence-electron chi connectivity index (χ2n) is 8.32. The lowest BCUT2D eigenvalue weighted by Crippen LogP contribution is -2.41. The number of sulfonamides is 1. The Morgan fingerprint density at radius 1 is 1.21 bits per heavy atom. The number of hydrogen-bond donors (Lipinski definition) is 1. The van der Waals surface area contributed by atoms with Gasteiger partial charge in [0.25, 0.3) is 15.9 Å². The molecule has 0 spiro atoms. The van der Waals surface area contributed by atoms with Crippen LogP contribution in [0.1, 0.15) is 29.9 Å². The molecular weight excluding hydrogens is 494 g/mol. The molecule has 8 nitrogen and oxygen atoms in total. The molecule has 2 aliphatic heterocycles. The molecule has 1 aromatic carbocycles. The molecule has 1 amide bonds. The summed E-state index contributed by atoms with van der Waals surface area (Å²) in [5, 5.41) is 2.66. The van der Waals surface area contributed by atoms with E-state index in [2.05, 4.69) is 14.7 Å². The van der Waals surface area contributed by atoms with Crippen molar-refractivity contribution in [3.8, 4) is 0 Å². The Hall–Kier alpha value is -2.82. The summed E-state index contributed by atoms with van der Waals surface area (Å²) in [6.07, 6.45) is 7.54. The SMILES string of the molecule is O=C(C[N+]1=CCc2cc(Cl)cnc21)N1CCC(c2ccc(S(=O)(=O)Nc3nccs3)cc2)CC1. The van der Waals surface area contributed by atoms with Gasteiger partial charge in [-0.2, -0.15) is 0 Å². The zero-order chi connectivity index (χ0) is 23.7. The number of nitrogens with zero attached hydrogens (tertiary/aromatic N) is 4. The van der Waals surface area contributed by atoms with E-state index in [1.54, 1.807) is 29.9 Å². The molecular formula is C23H23ClN5O3S2+. The van der Waals surface area contributed by atoms with Crippen LogP contribution in [0.25, 0.3) is 0 Å². The Morgan fingerprint density at radius 3 is 2.68 bits per heavy atom. The molecule has 11 heteroatoms. The van der Waals surface area contributed by atoms with Crippen molar-refractivity contribution in [2.45, 2.75) is 30.1 Å². The van der Waals surface area contributed by atoms with Gasteiger partial charge in [-0.3, -0.25) is 9.52 Å². The van der Waals surface area contributed by atoms with Gasteiger partial charge >= 0.3 is 5.82 Å². The van der Waals surface area contributed by atoms with Crippen molar-refractivity contribution in [2.75, 3.05) is 24.4 Å². The fraction of sp³-hybridized carbons (Fsp3) is 0.304. The molecule has 176 valence electrons. The second kappa shape index (κ2) is 9.44. The smallest absolute Gasteiger partial charge is 0.326 e. The maximum atomic E-state index is 12.9. The fourth-order valence-corrected chi connectivity index (χ4v) is 6.36. The standard InChI is InChI=1S/C23H23ClN5O3S2/c24-19-13-18-7-11-29(22(18)26-14-19)15-21(30)28-9-5-17(6-10-28)16-1-3-20(4-2-16)34(31,32)27-23-25-8-12-33-23/h1-4,8,11-14,17H,5-7,9-10,15H2,(H,25,27)/q+1. The number of halogens is 1. The van der Waals surface area contributed by atoms with Gasteiger partial charge < -0.3 is 4.90 Å². The molecule has 5 rings (SSSR count). The molecule has 1 N–H and O–H groups in total. The first kappa shape index (κ1) is 22.9. The number of thiazole rings is 1. The van der Waals surface area contributed by atoms with Crippen molar-refractivity contribution in [1.29, 1.82) is 0 Å². The number of nitrogens with one attached hydrogen (secondary N) is 1.